The lowest BCUT2D eigenvalue weighted by molar-refractivity contribution is -0.112. The molecule has 1 unspecified atom stereocenters. The van der Waals surface area contributed by atoms with Crippen molar-refractivity contribution in [3.05, 3.63) is 35.6 Å². The molecule has 2 bridgehead atoms. The SMILES string of the molecule is O=C(Nc1cn(C2CCC(CI)CC2)nc1C(F)I)C1=C2N=C(N3C[C@H]4C[C@@H]3CO4)C=CN2NC1. The number of morpholine rings is 1. The number of hydrogen-bond acceptors (Lipinski definition) is 7. The van der Waals surface area contributed by atoms with Crippen LogP contribution in [0.5, 0.6) is 0 Å². The number of hydrogen-bond donors (Lipinski definition) is 2. The van der Waals surface area contributed by atoms with Crippen molar-refractivity contribution in [3.8, 4) is 0 Å². The second-order valence-corrected chi connectivity index (χ2v) is 11.8. The molecule has 1 saturated carbocycles. The normalized spacial score (nSPS) is 30.7. The maximum absolute atomic E-state index is 14.5. The quantitative estimate of drug-likeness (QED) is 0.358. The van der Waals surface area contributed by atoms with Crippen LogP contribution in [0.15, 0.2) is 34.9 Å². The molecule has 0 aromatic carbocycles. The van der Waals surface area contributed by atoms with Crippen molar-refractivity contribution in [1.29, 1.82) is 0 Å². The third-order valence-corrected chi connectivity index (χ3v) is 9.45. The molecule has 3 fully saturated rings. The standard InChI is InChI=1S/C23H28FI2N7O2/c24-21(26)20-18(11-33(30-20)14-3-1-13(8-25)2-4-14)28-23(34)17-9-27-32-6-5-19(29-22(17)32)31-10-16-7-15(31)12-35-16/h5-6,11,13-16,21,27H,1-4,7-10,12H2,(H,28,34)/t13?,14?,15-,16-,21?/m1/s1. The molecule has 1 amide bonds. The zero-order valence-electron chi connectivity index (χ0n) is 19.2. The fourth-order valence-electron chi connectivity index (χ4n) is 5.63. The van der Waals surface area contributed by atoms with Gasteiger partial charge in [-0.1, -0.05) is 22.6 Å². The highest BCUT2D eigenvalue weighted by molar-refractivity contribution is 14.1. The summed E-state index contributed by atoms with van der Waals surface area (Å²) in [5.74, 6) is 1.91. The van der Waals surface area contributed by atoms with E-state index in [-0.39, 0.29) is 23.7 Å². The van der Waals surface area contributed by atoms with Crippen molar-refractivity contribution in [2.24, 2.45) is 10.9 Å². The topological polar surface area (TPSA) is 87.0 Å². The van der Waals surface area contributed by atoms with E-state index >= 15 is 0 Å². The zero-order chi connectivity index (χ0) is 24.1. The number of anilines is 1. The van der Waals surface area contributed by atoms with E-state index in [1.165, 1.54) is 4.43 Å². The van der Waals surface area contributed by atoms with E-state index in [1.54, 1.807) is 33.8 Å². The molecule has 5 heterocycles. The number of nitrogens with one attached hydrogen (secondary N) is 2. The monoisotopic (exact) mass is 707 g/mol. The van der Waals surface area contributed by atoms with Crippen LogP contribution in [-0.4, -0.2) is 67.7 Å². The van der Waals surface area contributed by atoms with Crippen LogP contribution < -0.4 is 10.7 Å². The number of aliphatic imine (C=N–C) groups is 1. The molecule has 4 aliphatic heterocycles. The summed E-state index contributed by atoms with van der Waals surface area (Å²) in [6.45, 7) is 1.90. The molecule has 188 valence electrons. The van der Waals surface area contributed by atoms with Crippen LogP contribution in [-0.2, 0) is 9.53 Å². The number of halogens is 3. The molecule has 5 aliphatic rings. The van der Waals surface area contributed by atoms with Crippen LogP contribution in [0, 0.1) is 5.92 Å². The minimum atomic E-state index is -1.30. The summed E-state index contributed by atoms with van der Waals surface area (Å²) in [6.07, 6.45) is 11.3. The Balaban J connectivity index is 1.22. The Morgan fingerprint density at radius 3 is 2.83 bits per heavy atom. The number of amides is 1. The van der Waals surface area contributed by atoms with E-state index in [9.17, 15) is 9.18 Å². The Morgan fingerprint density at radius 1 is 1.31 bits per heavy atom. The lowest BCUT2D eigenvalue weighted by atomic mass is 9.87. The Hall–Kier alpha value is -1.26. The van der Waals surface area contributed by atoms with Gasteiger partial charge in [0, 0.05) is 29.9 Å². The molecule has 9 nitrogen and oxygen atoms in total. The third-order valence-electron chi connectivity index (χ3n) is 7.61. The first kappa shape index (κ1) is 24.1. The molecular weight excluding hydrogens is 679 g/mol. The fourth-order valence-corrected chi connectivity index (χ4v) is 6.97. The molecule has 0 spiro atoms. The predicted molar refractivity (Wildman–Crippen MR) is 147 cm³/mol. The van der Waals surface area contributed by atoms with E-state index in [1.807, 2.05) is 17.0 Å². The second kappa shape index (κ2) is 9.89. The number of nitrogens with zero attached hydrogens (tertiary/aromatic N) is 5. The van der Waals surface area contributed by atoms with E-state index in [0.29, 0.717) is 29.7 Å². The van der Waals surface area contributed by atoms with E-state index in [4.69, 9.17) is 9.73 Å². The summed E-state index contributed by atoms with van der Waals surface area (Å²) in [6, 6.07) is 0.586. The van der Waals surface area contributed by atoms with Crippen LogP contribution in [0.2, 0.25) is 0 Å². The minimum absolute atomic E-state index is 0.245. The number of alkyl halides is 3. The highest BCUT2D eigenvalue weighted by Gasteiger charge is 2.41. The zero-order valence-corrected chi connectivity index (χ0v) is 23.5. The molecule has 35 heavy (non-hydrogen) atoms. The Bertz CT molecular complexity index is 1100. The van der Waals surface area contributed by atoms with Gasteiger partial charge in [0.15, 0.2) is 10.00 Å². The van der Waals surface area contributed by atoms with Gasteiger partial charge < -0.3 is 15.0 Å². The molecular formula is C23H28FI2N7O2. The summed E-state index contributed by atoms with van der Waals surface area (Å²) >= 11 is 4.16. The number of amidine groups is 1. The van der Waals surface area contributed by atoms with Gasteiger partial charge >= 0.3 is 0 Å². The third kappa shape index (κ3) is 4.63. The fraction of sp³-hybridized carbons (Fsp3) is 0.609. The maximum atomic E-state index is 14.5. The number of carbonyl (C=O) groups excluding carboxylic acids is 1. The predicted octanol–water partition coefficient (Wildman–Crippen LogP) is 3.82. The van der Waals surface area contributed by atoms with Crippen LogP contribution in [0.4, 0.5) is 10.1 Å². The molecule has 2 saturated heterocycles. The first-order valence-corrected chi connectivity index (χ1v) is 14.9. The molecule has 1 aromatic rings. The molecule has 1 aliphatic carbocycles. The molecule has 2 N–H and O–H groups in total. The largest absolute Gasteiger partial charge is 0.374 e. The number of rotatable bonds is 5. The lowest BCUT2D eigenvalue weighted by Gasteiger charge is -2.31. The first-order chi connectivity index (χ1) is 17.0. The molecule has 12 heteroatoms. The van der Waals surface area contributed by atoms with Gasteiger partial charge in [-0.3, -0.25) is 14.5 Å². The number of likely N-dealkylation sites (tertiary alicyclic amines) is 1. The van der Waals surface area contributed by atoms with Crippen molar-refractivity contribution in [2.45, 2.75) is 54.5 Å². The summed E-state index contributed by atoms with van der Waals surface area (Å²) in [5.41, 5.74) is 4.42. The highest BCUT2D eigenvalue weighted by Crippen LogP contribution is 2.37. The van der Waals surface area contributed by atoms with Gasteiger partial charge in [-0.25, -0.2) is 14.8 Å². The summed E-state index contributed by atoms with van der Waals surface area (Å²) in [7, 11) is 0. The molecule has 3 atom stereocenters. The van der Waals surface area contributed by atoms with Gasteiger partial charge in [0.2, 0.25) is 0 Å². The summed E-state index contributed by atoms with van der Waals surface area (Å²) < 4.78 is 21.9. The number of hydrazine groups is 1. The number of aromatic nitrogens is 2. The number of ether oxygens (including phenoxy) is 1. The smallest absolute Gasteiger partial charge is 0.256 e. The highest BCUT2D eigenvalue weighted by atomic mass is 127. The summed E-state index contributed by atoms with van der Waals surface area (Å²) in [5, 5.41) is 9.26. The Labute approximate surface area is 230 Å². The van der Waals surface area contributed by atoms with Crippen molar-refractivity contribution in [2.75, 3.05) is 29.4 Å². The van der Waals surface area contributed by atoms with Gasteiger partial charge in [0.25, 0.3) is 5.91 Å². The average Bonchev–Trinajstić information content (AvgIpc) is 3.66. The minimum Gasteiger partial charge on any atom is -0.374 e. The van der Waals surface area contributed by atoms with Crippen molar-refractivity contribution in [1.82, 2.24) is 25.1 Å². The van der Waals surface area contributed by atoms with Gasteiger partial charge in [-0.05, 0) is 66.7 Å². The average molecular weight is 707 g/mol. The van der Waals surface area contributed by atoms with Crippen LogP contribution in [0.3, 0.4) is 0 Å². The second-order valence-electron chi connectivity index (χ2n) is 9.78. The molecule has 0 radical (unpaired) electrons. The summed E-state index contributed by atoms with van der Waals surface area (Å²) in [4.78, 5) is 20.4. The lowest BCUT2D eigenvalue weighted by Crippen LogP contribution is -2.42. The molecule has 6 rings (SSSR count). The Morgan fingerprint density at radius 2 is 2.14 bits per heavy atom. The maximum Gasteiger partial charge on any atom is 0.256 e. The van der Waals surface area contributed by atoms with Crippen LogP contribution in [0.1, 0.15) is 48.0 Å². The van der Waals surface area contributed by atoms with Gasteiger partial charge in [-0.15, -0.1) is 0 Å². The van der Waals surface area contributed by atoms with Crippen LogP contribution in [0.25, 0.3) is 0 Å². The van der Waals surface area contributed by atoms with Gasteiger partial charge in [0.05, 0.1) is 36.1 Å². The van der Waals surface area contributed by atoms with Crippen molar-refractivity contribution in [3.63, 3.8) is 0 Å². The van der Waals surface area contributed by atoms with Gasteiger partial charge in [-0.2, -0.15) is 5.10 Å². The van der Waals surface area contributed by atoms with Crippen LogP contribution >= 0.6 is 45.2 Å². The van der Waals surface area contributed by atoms with Gasteiger partial charge in [0.1, 0.15) is 11.5 Å². The van der Waals surface area contributed by atoms with E-state index in [0.717, 1.165) is 57.0 Å². The van der Waals surface area contributed by atoms with E-state index in [2.05, 4.69) is 43.3 Å². The first-order valence-electron chi connectivity index (χ1n) is 12.2. The van der Waals surface area contributed by atoms with E-state index < -0.39 is 4.18 Å². The van der Waals surface area contributed by atoms with Crippen molar-refractivity contribution >= 4 is 62.6 Å². The number of carbonyl (C=O) groups is 1. The number of fused-ring (bicyclic) bond motifs is 3. The molecule has 1 aromatic heterocycles. The van der Waals surface area contributed by atoms with Crippen molar-refractivity contribution < 1.29 is 13.9 Å². The Kier molecular flexibility index (Phi) is 6.81.